The molecule has 1 aromatic heterocycles. The Labute approximate surface area is 182 Å². The maximum absolute atomic E-state index is 13.6. The number of esters is 1. The number of alkyl halides is 3. The van der Waals surface area contributed by atoms with Crippen LogP contribution in [0, 0.1) is 23.3 Å². The van der Waals surface area contributed by atoms with E-state index in [0.29, 0.717) is 4.48 Å². The van der Waals surface area contributed by atoms with Gasteiger partial charge in [0.25, 0.3) is 0 Å². The number of rotatable bonds is 3. The van der Waals surface area contributed by atoms with Crippen molar-refractivity contribution >= 4 is 21.9 Å². The third kappa shape index (κ3) is 6.17. The van der Waals surface area contributed by atoms with E-state index in [1.807, 2.05) is 7.05 Å². The molecule has 0 saturated carbocycles. The lowest BCUT2D eigenvalue weighted by atomic mass is 10.2. The van der Waals surface area contributed by atoms with Gasteiger partial charge < -0.3 is 9.29 Å². The van der Waals surface area contributed by atoms with Crippen LogP contribution in [0.4, 0.5) is 36.6 Å². The monoisotopic (exact) mass is 504 g/mol. The quantitative estimate of drug-likeness (QED) is 0.121. The molecule has 3 rings (SSSR count). The summed E-state index contributed by atoms with van der Waals surface area (Å²) in [7, 11) is -4.07. The van der Waals surface area contributed by atoms with E-state index >= 15 is 0 Å². The van der Waals surface area contributed by atoms with Crippen molar-refractivity contribution in [2.45, 2.75) is 18.3 Å². The second-order valence-electron chi connectivity index (χ2n) is 7.04. The second kappa shape index (κ2) is 9.61. The molecule has 1 aromatic carbocycles. The molecular formula is C18H15F7N2O5S. The van der Waals surface area contributed by atoms with Gasteiger partial charge >= 0.3 is 11.5 Å². The van der Waals surface area contributed by atoms with Crippen molar-refractivity contribution in [1.82, 2.24) is 9.47 Å². The number of carbonyl (C=O) groups is 1. The van der Waals surface area contributed by atoms with Crippen LogP contribution in [0.1, 0.15) is 23.2 Å². The third-order valence-corrected chi connectivity index (χ3v) is 5.21. The summed E-state index contributed by atoms with van der Waals surface area (Å²) in [5, 5.41) is 0. The van der Waals surface area contributed by atoms with Gasteiger partial charge in [0.15, 0.2) is 21.8 Å². The summed E-state index contributed by atoms with van der Waals surface area (Å²) in [4.78, 5) is 16.2. The average Bonchev–Trinajstić information content (AvgIpc) is 3.16. The predicted octanol–water partition coefficient (Wildman–Crippen LogP) is 3.64. The smallest absolute Gasteiger partial charge is 0.485 e. The minimum atomic E-state index is -6.09. The summed E-state index contributed by atoms with van der Waals surface area (Å²) in [6.45, 7) is 1.85. The first kappa shape index (κ1) is 26.5. The van der Waals surface area contributed by atoms with Crippen molar-refractivity contribution in [1.29, 1.82) is 0 Å². The minimum Gasteiger partial charge on any atom is -0.741 e. The lowest BCUT2D eigenvalue weighted by molar-refractivity contribution is -0.0517. The maximum atomic E-state index is 13.6. The van der Waals surface area contributed by atoms with Crippen LogP contribution in [0.3, 0.4) is 0 Å². The Bertz CT molecular complexity index is 1110. The zero-order chi connectivity index (χ0) is 25.2. The van der Waals surface area contributed by atoms with E-state index in [9.17, 15) is 35.5 Å². The van der Waals surface area contributed by atoms with Gasteiger partial charge in [0.1, 0.15) is 0 Å². The van der Waals surface area contributed by atoms with Gasteiger partial charge in [-0.1, -0.05) is 0 Å². The molecule has 15 heteroatoms. The zero-order valence-electron chi connectivity index (χ0n) is 16.6. The molecule has 0 aliphatic carbocycles. The minimum absolute atomic E-state index is 0.0402. The number of benzene rings is 1. The van der Waals surface area contributed by atoms with Gasteiger partial charge in [0.05, 0.1) is 25.7 Å². The maximum Gasteiger partial charge on any atom is 0.485 e. The summed E-state index contributed by atoms with van der Waals surface area (Å²) in [5.74, 6) is -8.67. The van der Waals surface area contributed by atoms with E-state index in [2.05, 4.69) is 9.72 Å². The first-order valence-electron chi connectivity index (χ1n) is 8.95. The standard InChI is InChI=1S/C17H15F4N2O2.CHF3O3S/c1-23(6-2-3-7-23)13-5-4-10(9-22-13)17(24)25-16-14(20)11(18)8-12(19)15(16)21;2-1(3,4)8(5,6)7/h4-5,8-9H,2-3,6-7H2,1H3;(H,5,6,7)/q+1;/p-1. The van der Waals surface area contributed by atoms with E-state index in [-0.39, 0.29) is 11.6 Å². The normalized spacial score (nSPS) is 15.5. The summed E-state index contributed by atoms with van der Waals surface area (Å²) in [6.07, 6.45) is 3.36. The molecule has 0 spiro atoms. The van der Waals surface area contributed by atoms with E-state index in [0.717, 1.165) is 31.7 Å². The fourth-order valence-electron chi connectivity index (χ4n) is 2.88. The number of ether oxygens (including phenoxy) is 1. The van der Waals surface area contributed by atoms with Crippen LogP contribution >= 0.6 is 0 Å². The highest BCUT2D eigenvalue weighted by atomic mass is 32.2. The van der Waals surface area contributed by atoms with E-state index in [1.165, 1.54) is 12.3 Å². The molecule has 0 amide bonds. The molecule has 33 heavy (non-hydrogen) atoms. The molecule has 0 unspecified atom stereocenters. The van der Waals surface area contributed by atoms with Crippen LogP contribution < -0.4 is 9.22 Å². The Hall–Kier alpha value is -2.78. The molecule has 182 valence electrons. The molecule has 1 aliphatic rings. The predicted molar refractivity (Wildman–Crippen MR) is 97.9 cm³/mol. The van der Waals surface area contributed by atoms with E-state index < -0.39 is 50.6 Å². The van der Waals surface area contributed by atoms with E-state index in [1.54, 1.807) is 6.07 Å². The molecule has 1 saturated heterocycles. The largest absolute Gasteiger partial charge is 0.741 e. The molecule has 2 aromatic rings. The molecular weight excluding hydrogens is 489 g/mol. The van der Waals surface area contributed by atoms with Crippen LogP contribution in [0.15, 0.2) is 24.4 Å². The topological polar surface area (TPSA) is 96.4 Å². The molecule has 0 radical (unpaired) electrons. The van der Waals surface area contributed by atoms with Gasteiger partial charge in [0.2, 0.25) is 23.2 Å². The van der Waals surface area contributed by atoms with Crippen LogP contribution in [0.5, 0.6) is 5.75 Å². The van der Waals surface area contributed by atoms with Crippen molar-refractivity contribution in [3.8, 4) is 5.75 Å². The number of hydrogen-bond acceptors (Lipinski definition) is 6. The molecule has 0 bridgehead atoms. The molecule has 0 N–H and O–H groups in total. The van der Waals surface area contributed by atoms with Crippen LogP contribution in [-0.2, 0) is 10.1 Å². The van der Waals surface area contributed by atoms with Gasteiger partial charge in [-0.05, 0) is 6.07 Å². The number of quaternary nitrogens is 1. The number of likely N-dealkylation sites (tertiary alicyclic amines) is 1. The van der Waals surface area contributed by atoms with Crippen LogP contribution in [0.2, 0.25) is 0 Å². The SMILES string of the molecule is C[N+]1(c2ccc(C(=O)Oc3c(F)c(F)cc(F)c3F)cn2)CCCC1.O=S(=O)([O-])C(F)(F)F. The Kier molecular flexibility index (Phi) is 7.71. The zero-order valence-corrected chi connectivity index (χ0v) is 17.4. The lowest BCUT2D eigenvalue weighted by Gasteiger charge is -2.26. The Balaban J connectivity index is 0.000000414. The Morgan fingerprint density at radius 3 is 1.94 bits per heavy atom. The van der Waals surface area contributed by atoms with Crippen molar-refractivity contribution < 1.29 is 53.2 Å². The average molecular weight is 504 g/mol. The first-order chi connectivity index (χ1) is 15.1. The van der Waals surface area contributed by atoms with Gasteiger partial charge in [-0.2, -0.15) is 22.0 Å². The number of halogens is 7. The highest BCUT2D eigenvalue weighted by molar-refractivity contribution is 7.86. The van der Waals surface area contributed by atoms with Crippen LogP contribution in [0.25, 0.3) is 0 Å². The van der Waals surface area contributed by atoms with Gasteiger partial charge in [0, 0.05) is 31.2 Å². The Morgan fingerprint density at radius 1 is 1.06 bits per heavy atom. The molecule has 0 atom stereocenters. The van der Waals surface area contributed by atoms with Crippen molar-refractivity contribution in [3.63, 3.8) is 0 Å². The molecule has 2 heterocycles. The third-order valence-electron chi connectivity index (χ3n) is 4.64. The van der Waals surface area contributed by atoms with Crippen molar-refractivity contribution in [2.75, 3.05) is 20.1 Å². The number of aromatic nitrogens is 1. The molecule has 1 aliphatic heterocycles. The number of pyridine rings is 1. The highest BCUT2D eigenvalue weighted by Crippen LogP contribution is 2.28. The first-order valence-corrected chi connectivity index (χ1v) is 10.4. The van der Waals surface area contributed by atoms with Crippen LogP contribution in [-0.4, -0.2) is 49.6 Å². The molecule has 1 fully saturated rings. The van der Waals surface area contributed by atoms with Gasteiger partial charge in [-0.15, -0.1) is 0 Å². The summed E-state index contributed by atoms with van der Waals surface area (Å²) < 4.78 is 117. The number of hydrogen-bond donors (Lipinski definition) is 0. The second-order valence-corrected chi connectivity index (χ2v) is 8.41. The lowest BCUT2D eigenvalue weighted by Crippen LogP contribution is -2.42. The summed E-state index contributed by atoms with van der Waals surface area (Å²) in [5.41, 5.74) is -5.73. The van der Waals surface area contributed by atoms with Crippen molar-refractivity contribution in [2.24, 2.45) is 0 Å². The number of nitrogens with zero attached hydrogens (tertiary/aromatic N) is 2. The highest BCUT2D eigenvalue weighted by Gasteiger charge is 2.37. The fraction of sp³-hybridized carbons (Fsp3) is 0.333. The van der Waals surface area contributed by atoms with Crippen molar-refractivity contribution in [3.05, 3.63) is 53.2 Å². The Morgan fingerprint density at radius 2 is 1.55 bits per heavy atom. The summed E-state index contributed by atoms with van der Waals surface area (Å²) in [6, 6.07) is 3.07. The van der Waals surface area contributed by atoms with Gasteiger partial charge in [-0.25, -0.2) is 27.0 Å². The molecule has 7 nitrogen and oxygen atoms in total. The van der Waals surface area contributed by atoms with E-state index in [4.69, 9.17) is 13.0 Å². The summed E-state index contributed by atoms with van der Waals surface area (Å²) >= 11 is 0. The number of carbonyl (C=O) groups excluding carboxylic acids is 1. The fourth-order valence-corrected chi connectivity index (χ4v) is 2.88. The van der Waals surface area contributed by atoms with Gasteiger partial charge in [-0.3, -0.25) is 4.48 Å².